The molecule has 1 heterocycles. The number of nitrogens with zero attached hydrogens (tertiary/aromatic N) is 1. The van der Waals surface area contributed by atoms with Gasteiger partial charge in [0.15, 0.2) is 0 Å². The van der Waals surface area contributed by atoms with Crippen molar-refractivity contribution in [3.05, 3.63) is 29.0 Å². The number of halogens is 3. The van der Waals surface area contributed by atoms with Gasteiger partial charge in [0.25, 0.3) is 0 Å². The van der Waals surface area contributed by atoms with Crippen LogP contribution in [0.5, 0.6) is 0 Å². The number of hydrogen-bond donors (Lipinski definition) is 0. The minimum absolute atomic E-state index is 0. The monoisotopic (exact) mass is 211 g/mol. The first-order valence-corrected chi connectivity index (χ1v) is 3.77. The number of rotatable bonds is 1. The molecule has 1 aromatic heterocycles. The summed E-state index contributed by atoms with van der Waals surface area (Å²) in [6.07, 6.45) is 1.68. The Morgan fingerprint density at radius 1 is 1.45 bits per heavy atom. The first-order chi connectivity index (χ1) is 4.70. The minimum atomic E-state index is 0. The molecule has 0 aromatic carbocycles. The van der Waals surface area contributed by atoms with Crippen molar-refractivity contribution in [2.45, 2.75) is 12.3 Å². The summed E-state index contributed by atoms with van der Waals surface area (Å²) in [7, 11) is 0. The molecule has 0 aliphatic heterocycles. The van der Waals surface area contributed by atoms with E-state index in [1.165, 1.54) is 0 Å². The third kappa shape index (κ3) is 3.28. The molecule has 0 N–H and O–H groups in total. The van der Waals surface area contributed by atoms with Gasteiger partial charge in [-0.05, 0) is 18.6 Å². The normalized spacial score (nSPS) is 11.9. The van der Waals surface area contributed by atoms with Gasteiger partial charge < -0.3 is 0 Å². The summed E-state index contributed by atoms with van der Waals surface area (Å²) in [6, 6.07) is 3.60. The molecular formula is C7H8Cl3N. The Morgan fingerprint density at radius 3 is 2.45 bits per heavy atom. The van der Waals surface area contributed by atoms with E-state index >= 15 is 0 Å². The van der Waals surface area contributed by atoms with Crippen molar-refractivity contribution in [3.8, 4) is 0 Å². The van der Waals surface area contributed by atoms with Crippen LogP contribution >= 0.6 is 35.6 Å². The highest BCUT2D eigenvalue weighted by Gasteiger charge is 1.99. The summed E-state index contributed by atoms with van der Waals surface area (Å²) in [5.41, 5.74) is 0.992. The maximum absolute atomic E-state index is 5.77. The average Bonchev–Trinajstić information content (AvgIpc) is 1.88. The molecule has 1 aromatic rings. The number of alkyl halides is 1. The third-order valence-electron chi connectivity index (χ3n) is 1.21. The molecule has 0 saturated heterocycles. The van der Waals surface area contributed by atoms with Crippen LogP contribution in [0.4, 0.5) is 0 Å². The zero-order valence-corrected chi connectivity index (χ0v) is 8.25. The van der Waals surface area contributed by atoms with Gasteiger partial charge in [-0.15, -0.1) is 24.0 Å². The maximum atomic E-state index is 5.77. The van der Waals surface area contributed by atoms with Crippen molar-refractivity contribution < 1.29 is 0 Å². The van der Waals surface area contributed by atoms with Gasteiger partial charge in [0, 0.05) is 6.20 Å². The lowest BCUT2D eigenvalue weighted by Crippen LogP contribution is -1.84. The lowest BCUT2D eigenvalue weighted by Gasteiger charge is -2.00. The smallest absolute Gasteiger partial charge is 0.129 e. The third-order valence-corrected chi connectivity index (χ3v) is 1.69. The first kappa shape index (κ1) is 11.0. The SMILES string of the molecule is CC(Cl)c1ccc(Cl)nc1.Cl. The topological polar surface area (TPSA) is 12.9 Å². The van der Waals surface area contributed by atoms with Crippen LogP contribution in [0.3, 0.4) is 0 Å². The predicted octanol–water partition coefficient (Wildman–Crippen LogP) is 3.46. The van der Waals surface area contributed by atoms with E-state index in [0.717, 1.165) is 5.56 Å². The Labute approximate surface area is 82.1 Å². The molecule has 0 fully saturated rings. The molecule has 0 spiro atoms. The van der Waals surface area contributed by atoms with Crippen molar-refractivity contribution in [1.82, 2.24) is 4.98 Å². The molecule has 1 nitrogen and oxygen atoms in total. The molecule has 62 valence electrons. The molecule has 0 radical (unpaired) electrons. The second-order valence-electron chi connectivity index (χ2n) is 2.03. The maximum Gasteiger partial charge on any atom is 0.129 e. The number of pyridine rings is 1. The molecule has 0 saturated carbocycles. The van der Waals surface area contributed by atoms with E-state index in [9.17, 15) is 0 Å². The highest BCUT2D eigenvalue weighted by molar-refractivity contribution is 6.29. The van der Waals surface area contributed by atoms with Crippen LogP contribution in [0.15, 0.2) is 18.3 Å². The fourth-order valence-corrected chi connectivity index (χ4v) is 0.863. The molecule has 0 aliphatic carbocycles. The molecule has 0 bridgehead atoms. The van der Waals surface area contributed by atoms with Gasteiger partial charge in [-0.1, -0.05) is 17.7 Å². The van der Waals surface area contributed by atoms with E-state index < -0.39 is 0 Å². The summed E-state index contributed by atoms with van der Waals surface area (Å²) in [4.78, 5) is 3.88. The van der Waals surface area contributed by atoms with E-state index in [1.54, 1.807) is 12.3 Å². The second-order valence-corrected chi connectivity index (χ2v) is 3.07. The molecule has 1 rings (SSSR count). The van der Waals surface area contributed by atoms with Crippen molar-refractivity contribution in [2.24, 2.45) is 0 Å². The van der Waals surface area contributed by atoms with Crippen LogP contribution in [0.25, 0.3) is 0 Å². The summed E-state index contributed by atoms with van der Waals surface area (Å²) in [5.74, 6) is 0. The van der Waals surface area contributed by atoms with Crippen LogP contribution in [0.2, 0.25) is 5.15 Å². The molecule has 4 heteroatoms. The molecular weight excluding hydrogens is 204 g/mol. The van der Waals surface area contributed by atoms with Gasteiger partial charge in [0.05, 0.1) is 5.38 Å². The van der Waals surface area contributed by atoms with Crippen molar-refractivity contribution in [3.63, 3.8) is 0 Å². The molecule has 0 amide bonds. The van der Waals surface area contributed by atoms with E-state index in [4.69, 9.17) is 23.2 Å². The predicted molar refractivity (Wildman–Crippen MR) is 50.8 cm³/mol. The van der Waals surface area contributed by atoms with Gasteiger partial charge in [0.1, 0.15) is 5.15 Å². The highest BCUT2D eigenvalue weighted by atomic mass is 35.5. The summed E-state index contributed by atoms with van der Waals surface area (Å²) in [6.45, 7) is 1.90. The lowest BCUT2D eigenvalue weighted by atomic mass is 10.2. The van der Waals surface area contributed by atoms with Crippen LogP contribution in [0.1, 0.15) is 17.9 Å². The van der Waals surface area contributed by atoms with E-state index in [1.807, 2.05) is 13.0 Å². The van der Waals surface area contributed by atoms with E-state index in [-0.39, 0.29) is 17.8 Å². The van der Waals surface area contributed by atoms with Crippen molar-refractivity contribution in [1.29, 1.82) is 0 Å². The van der Waals surface area contributed by atoms with Gasteiger partial charge in [-0.2, -0.15) is 0 Å². The fraction of sp³-hybridized carbons (Fsp3) is 0.286. The second kappa shape index (κ2) is 4.81. The highest BCUT2D eigenvalue weighted by Crippen LogP contribution is 2.18. The Bertz CT molecular complexity index is 207. The van der Waals surface area contributed by atoms with Crippen LogP contribution < -0.4 is 0 Å². The van der Waals surface area contributed by atoms with E-state index in [2.05, 4.69) is 4.98 Å². The first-order valence-electron chi connectivity index (χ1n) is 2.95. The summed E-state index contributed by atoms with van der Waals surface area (Å²) >= 11 is 11.3. The quantitative estimate of drug-likeness (QED) is 0.513. The lowest BCUT2D eigenvalue weighted by molar-refractivity contribution is 1.06. The Balaban J connectivity index is 0.000001000. The zero-order chi connectivity index (χ0) is 7.56. The summed E-state index contributed by atoms with van der Waals surface area (Å²) < 4.78 is 0. The van der Waals surface area contributed by atoms with Gasteiger partial charge >= 0.3 is 0 Å². The van der Waals surface area contributed by atoms with Crippen LogP contribution in [-0.4, -0.2) is 4.98 Å². The largest absolute Gasteiger partial charge is 0.244 e. The number of aromatic nitrogens is 1. The Hall–Kier alpha value is 0.0200. The Kier molecular flexibility index (Phi) is 4.82. The zero-order valence-electron chi connectivity index (χ0n) is 5.92. The van der Waals surface area contributed by atoms with Crippen molar-refractivity contribution in [2.75, 3.05) is 0 Å². The van der Waals surface area contributed by atoms with Crippen molar-refractivity contribution >= 4 is 35.6 Å². The van der Waals surface area contributed by atoms with Crippen LogP contribution in [-0.2, 0) is 0 Å². The van der Waals surface area contributed by atoms with Gasteiger partial charge in [-0.3, -0.25) is 0 Å². The van der Waals surface area contributed by atoms with E-state index in [0.29, 0.717) is 5.15 Å². The van der Waals surface area contributed by atoms with Gasteiger partial charge in [-0.25, -0.2) is 4.98 Å². The standard InChI is InChI=1S/C7H7Cl2N.ClH/c1-5(8)6-2-3-7(9)10-4-6;/h2-5H,1H3;1H. The molecule has 11 heavy (non-hydrogen) atoms. The molecule has 1 unspecified atom stereocenters. The van der Waals surface area contributed by atoms with Gasteiger partial charge in [0.2, 0.25) is 0 Å². The Morgan fingerprint density at radius 2 is 2.09 bits per heavy atom. The molecule has 0 aliphatic rings. The molecule has 1 atom stereocenters. The fourth-order valence-electron chi connectivity index (χ4n) is 0.623. The minimum Gasteiger partial charge on any atom is -0.244 e. The average molecular weight is 213 g/mol. The number of hydrogen-bond acceptors (Lipinski definition) is 1. The van der Waals surface area contributed by atoms with Crippen LogP contribution in [0, 0.1) is 0 Å². The summed E-state index contributed by atoms with van der Waals surface area (Å²) in [5, 5.41) is 0.505.